The summed E-state index contributed by atoms with van der Waals surface area (Å²) in [6.45, 7) is 0. The average Bonchev–Trinajstić information content (AvgIpc) is 3.13. The number of aryl methyl sites for hydroxylation is 1. The Balaban J connectivity index is 1.38. The summed E-state index contributed by atoms with van der Waals surface area (Å²) >= 11 is 7.58. The number of nitrogens with zero attached hydrogens (tertiary/aromatic N) is 3. The highest BCUT2D eigenvalue weighted by atomic mass is 35.5. The molecule has 0 atom stereocenters. The Bertz CT molecular complexity index is 787. The van der Waals surface area contributed by atoms with Crippen molar-refractivity contribution in [3.63, 3.8) is 0 Å². The molecule has 132 valence electrons. The van der Waals surface area contributed by atoms with Crippen molar-refractivity contribution in [2.75, 3.05) is 5.32 Å². The van der Waals surface area contributed by atoms with Crippen molar-refractivity contribution in [2.24, 2.45) is 24.8 Å². The molecule has 4 saturated carbocycles. The van der Waals surface area contributed by atoms with Gasteiger partial charge in [0.05, 0.1) is 16.9 Å². The molecular weight excluding hydrogens is 356 g/mol. The van der Waals surface area contributed by atoms with E-state index in [4.69, 9.17) is 16.6 Å². The maximum atomic E-state index is 12.5. The molecule has 2 aromatic rings. The first kappa shape index (κ1) is 15.8. The number of aromatic nitrogens is 3. The molecule has 0 aliphatic heterocycles. The predicted octanol–water partition coefficient (Wildman–Crippen LogP) is 4.25. The first-order valence-electron chi connectivity index (χ1n) is 8.97. The first-order chi connectivity index (χ1) is 12.0. The van der Waals surface area contributed by atoms with Gasteiger partial charge in [-0.05, 0) is 56.3 Å². The summed E-state index contributed by atoms with van der Waals surface area (Å²) in [5, 5.41) is 10.1. The van der Waals surface area contributed by atoms with Crippen molar-refractivity contribution < 1.29 is 4.79 Å². The van der Waals surface area contributed by atoms with Crippen LogP contribution in [0, 0.1) is 17.8 Å². The Morgan fingerprint density at radius 1 is 1.28 bits per heavy atom. The second kappa shape index (κ2) is 5.55. The fourth-order valence-electron chi connectivity index (χ4n) is 5.82. The summed E-state index contributed by atoms with van der Waals surface area (Å²) in [6, 6.07) is 0. The summed E-state index contributed by atoms with van der Waals surface area (Å²) in [6.07, 6.45) is 9.60. The molecule has 0 saturated heterocycles. The van der Waals surface area contributed by atoms with Crippen LogP contribution in [0.25, 0.3) is 0 Å². The minimum absolute atomic E-state index is 0.253. The van der Waals surface area contributed by atoms with Gasteiger partial charge in [-0.2, -0.15) is 5.10 Å². The second-order valence-electron chi connectivity index (χ2n) is 8.15. The van der Waals surface area contributed by atoms with E-state index in [0.717, 1.165) is 17.8 Å². The van der Waals surface area contributed by atoms with Gasteiger partial charge >= 0.3 is 0 Å². The molecule has 5 nitrogen and oxygen atoms in total. The van der Waals surface area contributed by atoms with E-state index < -0.39 is 0 Å². The summed E-state index contributed by atoms with van der Waals surface area (Å²) in [4.78, 5) is 17.3. The molecule has 6 rings (SSSR count). The highest BCUT2D eigenvalue weighted by Crippen LogP contribution is 2.60. The van der Waals surface area contributed by atoms with Crippen LogP contribution in [-0.2, 0) is 12.5 Å². The van der Waals surface area contributed by atoms with Gasteiger partial charge in [0.15, 0.2) is 5.13 Å². The van der Waals surface area contributed by atoms with Gasteiger partial charge in [-0.1, -0.05) is 11.6 Å². The van der Waals surface area contributed by atoms with E-state index >= 15 is 0 Å². The molecule has 4 aliphatic rings. The van der Waals surface area contributed by atoms with Crippen LogP contribution in [0.2, 0.25) is 5.02 Å². The standard InChI is InChI=1S/C18H21ClN4OS/c1-23-15(13(19)8-20-23)16(24)22-17-21-14(9-25-17)18-5-10-2-11(6-18)4-12(3-10)7-18/h8-12H,2-7H2,1H3,(H,21,22,24). The van der Waals surface area contributed by atoms with E-state index in [1.807, 2.05) is 0 Å². The lowest BCUT2D eigenvalue weighted by atomic mass is 9.49. The highest BCUT2D eigenvalue weighted by Gasteiger charge is 2.52. The smallest absolute Gasteiger partial charge is 0.277 e. The van der Waals surface area contributed by atoms with Gasteiger partial charge in [0, 0.05) is 17.8 Å². The van der Waals surface area contributed by atoms with E-state index in [-0.39, 0.29) is 11.3 Å². The molecule has 4 aliphatic carbocycles. The lowest BCUT2D eigenvalue weighted by Crippen LogP contribution is -2.48. The number of carbonyl (C=O) groups excluding carboxylic acids is 1. The zero-order valence-corrected chi connectivity index (χ0v) is 15.7. The van der Waals surface area contributed by atoms with Crippen LogP contribution in [0.15, 0.2) is 11.6 Å². The molecule has 0 spiro atoms. The van der Waals surface area contributed by atoms with Crippen molar-refractivity contribution in [1.29, 1.82) is 0 Å². The van der Waals surface area contributed by atoms with Gasteiger partial charge in [0.2, 0.25) is 0 Å². The van der Waals surface area contributed by atoms with E-state index in [2.05, 4.69) is 15.8 Å². The maximum absolute atomic E-state index is 12.5. The summed E-state index contributed by atoms with van der Waals surface area (Å²) in [7, 11) is 1.71. The molecule has 1 amide bonds. The second-order valence-corrected chi connectivity index (χ2v) is 9.42. The van der Waals surface area contributed by atoms with Crippen molar-refractivity contribution in [1.82, 2.24) is 14.8 Å². The minimum atomic E-state index is -0.253. The summed E-state index contributed by atoms with van der Waals surface area (Å²) in [5.41, 5.74) is 1.83. The number of anilines is 1. The molecule has 2 aromatic heterocycles. The fourth-order valence-corrected chi connectivity index (χ4v) is 6.90. The Morgan fingerprint density at radius 3 is 2.48 bits per heavy atom. The third kappa shape index (κ3) is 2.53. The van der Waals surface area contributed by atoms with E-state index in [1.54, 1.807) is 7.05 Å². The van der Waals surface area contributed by atoms with Gasteiger partial charge < -0.3 is 0 Å². The van der Waals surface area contributed by atoms with Crippen molar-refractivity contribution in [2.45, 2.75) is 43.9 Å². The largest absolute Gasteiger partial charge is 0.296 e. The number of carbonyl (C=O) groups is 1. The van der Waals surface area contributed by atoms with E-state index in [1.165, 1.54) is 66.4 Å². The Kier molecular flexibility index (Phi) is 3.51. The molecule has 4 bridgehead atoms. The first-order valence-corrected chi connectivity index (χ1v) is 10.2. The molecule has 0 aromatic carbocycles. The number of rotatable bonds is 3. The van der Waals surface area contributed by atoms with Gasteiger partial charge in [0.25, 0.3) is 5.91 Å². The van der Waals surface area contributed by atoms with Crippen molar-refractivity contribution >= 4 is 34.0 Å². The summed E-state index contributed by atoms with van der Waals surface area (Å²) in [5.74, 6) is 2.41. The fraction of sp³-hybridized carbons (Fsp3) is 0.611. The molecule has 4 fully saturated rings. The zero-order chi connectivity index (χ0) is 17.2. The van der Waals surface area contributed by atoms with Crippen LogP contribution in [-0.4, -0.2) is 20.7 Å². The van der Waals surface area contributed by atoms with Crippen LogP contribution in [0.1, 0.15) is 54.7 Å². The Morgan fingerprint density at radius 2 is 1.92 bits per heavy atom. The number of halogens is 1. The number of nitrogens with one attached hydrogen (secondary N) is 1. The molecule has 7 heteroatoms. The lowest BCUT2D eigenvalue weighted by molar-refractivity contribution is -0.00688. The SMILES string of the molecule is Cn1ncc(Cl)c1C(=O)Nc1nc(C23CC4CC(CC(C4)C2)C3)cs1. The quantitative estimate of drug-likeness (QED) is 0.871. The number of hydrogen-bond donors (Lipinski definition) is 1. The van der Waals surface area contributed by atoms with Gasteiger partial charge in [-0.15, -0.1) is 11.3 Å². The van der Waals surface area contributed by atoms with Crippen LogP contribution < -0.4 is 5.32 Å². The van der Waals surface area contributed by atoms with Gasteiger partial charge in [-0.3, -0.25) is 14.8 Å². The zero-order valence-electron chi connectivity index (χ0n) is 14.2. The maximum Gasteiger partial charge on any atom is 0.277 e. The van der Waals surface area contributed by atoms with Crippen LogP contribution >= 0.6 is 22.9 Å². The topological polar surface area (TPSA) is 59.8 Å². The lowest BCUT2D eigenvalue weighted by Gasteiger charge is -2.56. The predicted molar refractivity (Wildman–Crippen MR) is 98.1 cm³/mol. The van der Waals surface area contributed by atoms with Crippen LogP contribution in [0.4, 0.5) is 5.13 Å². The van der Waals surface area contributed by atoms with Crippen LogP contribution in [0.5, 0.6) is 0 Å². The van der Waals surface area contributed by atoms with Crippen molar-refractivity contribution in [3.05, 3.63) is 28.0 Å². The number of amides is 1. The molecule has 0 unspecified atom stereocenters. The third-order valence-corrected chi connectivity index (χ3v) is 7.45. The molecule has 25 heavy (non-hydrogen) atoms. The Hall–Kier alpha value is -1.40. The highest BCUT2D eigenvalue weighted by molar-refractivity contribution is 7.14. The number of hydrogen-bond acceptors (Lipinski definition) is 4. The van der Waals surface area contributed by atoms with E-state index in [9.17, 15) is 4.79 Å². The summed E-state index contributed by atoms with van der Waals surface area (Å²) < 4.78 is 1.49. The van der Waals surface area contributed by atoms with Crippen molar-refractivity contribution in [3.8, 4) is 0 Å². The molecule has 2 heterocycles. The molecular formula is C18H21ClN4OS. The average molecular weight is 377 g/mol. The van der Waals surface area contributed by atoms with Gasteiger partial charge in [-0.25, -0.2) is 4.98 Å². The van der Waals surface area contributed by atoms with Gasteiger partial charge in [0.1, 0.15) is 5.69 Å². The van der Waals surface area contributed by atoms with E-state index in [0.29, 0.717) is 15.8 Å². The van der Waals surface area contributed by atoms with Crippen LogP contribution in [0.3, 0.4) is 0 Å². The monoisotopic (exact) mass is 376 g/mol. The Labute approximate surface area is 155 Å². The minimum Gasteiger partial charge on any atom is -0.296 e. The third-order valence-electron chi connectivity index (χ3n) is 6.42. The molecule has 0 radical (unpaired) electrons. The molecule has 1 N–H and O–H groups in total. The number of thiazole rings is 1. The normalized spacial score (nSPS) is 33.0.